The highest BCUT2D eigenvalue weighted by Crippen LogP contribution is 2.23. The Morgan fingerprint density at radius 2 is 0.891 bits per heavy atom. The first kappa shape index (κ1) is 60.2. The normalized spacial score (nSPS) is 20.4. The third kappa shape index (κ3) is 34.5. The van der Waals surface area contributed by atoms with Gasteiger partial charge in [0.25, 0.3) is 0 Å². The van der Waals surface area contributed by atoms with Gasteiger partial charge in [-0.25, -0.2) is 0 Å². The van der Waals surface area contributed by atoms with E-state index < -0.39 is 49.5 Å². The molecule has 0 radical (unpaired) electrons. The first-order chi connectivity index (χ1) is 31.3. The van der Waals surface area contributed by atoms with Crippen LogP contribution in [-0.4, -0.2) is 87.5 Å². The zero-order chi connectivity index (χ0) is 46.6. The molecule has 0 aliphatic carbocycles. The van der Waals surface area contributed by atoms with E-state index in [4.69, 9.17) is 9.47 Å². The van der Waals surface area contributed by atoms with Gasteiger partial charge in [0.05, 0.1) is 25.4 Å². The third-order valence-electron chi connectivity index (χ3n) is 12.6. The second-order valence-electron chi connectivity index (χ2n) is 18.6. The number of hydrogen-bond donors (Lipinski definition) is 6. The minimum Gasteiger partial charge on any atom is -0.394 e. The molecule has 6 N–H and O–H groups in total. The molecule has 0 spiro atoms. The van der Waals surface area contributed by atoms with Crippen LogP contribution in [0.2, 0.25) is 0 Å². The number of rotatable bonds is 45. The highest BCUT2D eigenvalue weighted by atomic mass is 16.7. The summed E-state index contributed by atoms with van der Waals surface area (Å²) in [4.78, 5) is 13.0. The van der Waals surface area contributed by atoms with Crippen LogP contribution in [0.3, 0.4) is 0 Å². The molecule has 7 atom stereocenters. The van der Waals surface area contributed by atoms with E-state index in [0.717, 1.165) is 51.4 Å². The molecule has 0 aromatic rings. The first-order valence-corrected chi connectivity index (χ1v) is 26.9. The monoisotopic (exact) mass is 904 g/mol. The van der Waals surface area contributed by atoms with Crippen molar-refractivity contribution in [1.82, 2.24) is 5.32 Å². The molecule has 1 heterocycles. The van der Waals surface area contributed by atoms with E-state index in [1.807, 2.05) is 6.08 Å². The van der Waals surface area contributed by atoms with Gasteiger partial charge in [-0.1, -0.05) is 210 Å². The van der Waals surface area contributed by atoms with Crippen LogP contribution in [0.15, 0.2) is 48.6 Å². The number of carbonyl (C=O) groups excluding carboxylic acids is 1. The van der Waals surface area contributed by atoms with Crippen molar-refractivity contribution in [3.05, 3.63) is 48.6 Å². The number of allylic oxidation sites excluding steroid dienone is 7. The van der Waals surface area contributed by atoms with Gasteiger partial charge in [-0.05, 0) is 70.6 Å². The lowest BCUT2D eigenvalue weighted by atomic mass is 9.99. The second-order valence-corrected chi connectivity index (χ2v) is 18.6. The quantitative estimate of drug-likeness (QED) is 0.0261. The van der Waals surface area contributed by atoms with Gasteiger partial charge in [0.15, 0.2) is 6.29 Å². The number of unbranched alkanes of at least 4 members (excludes halogenated alkanes) is 29. The van der Waals surface area contributed by atoms with E-state index in [1.165, 1.54) is 167 Å². The zero-order valence-electron chi connectivity index (χ0n) is 41.3. The minimum atomic E-state index is -1.58. The van der Waals surface area contributed by atoms with Gasteiger partial charge in [0.2, 0.25) is 5.91 Å². The standard InChI is InChI=1S/C55H101NO8/c1-3-5-7-9-11-13-15-17-19-21-22-23-24-25-26-27-28-29-31-33-35-37-39-41-43-45-51(59)56-48(47-63-55-54(62)53(61)52(60)50(46-57)64-55)49(58)44-42-40-38-36-34-32-30-20-18-16-14-12-10-8-6-4-2/h18,20,25-26,34,36,42,44,48-50,52-55,57-58,60-62H,3-17,19,21-24,27-33,35,37-41,43,45-47H2,1-2H3,(H,56,59)/b20-18+,26-25-,36-34+,44-42+. The van der Waals surface area contributed by atoms with Gasteiger partial charge in [0, 0.05) is 6.42 Å². The molecule has 0 bridgehead atoms. The van der Waals surface area contributed by atoms with E-state index in [9.17, 15) is 30.3 Å². The molecule has 0 saturated carbocycles. The Morgan fingerprint density at radius 3 is 1.31 bits per heavy atom. The van der Waals surface area contributed by atoms with E-state index >= 15 is 0 Å². The summed E-state index contributed by atoms with van der Waals surface area (Å²) in [6, 6.07) is -0.829. The molecule has 7 unspecified atom stereocenters. The predicted octanol–water partition coefficient (Wildman–Crippen LogP) is 12.6. The Balaban J connectivity index is 2.27. The van der Waals surface area contributed by atoms with Crippen molar-refractivity contribution < 1.29 is 39.8 Å². The predicted molar refractivity (Wildman–Crippen MR) is 267 cm³/mol. The highest BCUT2D eigenvalue weighted by molar-refractivity contribution is 5.76. The fraction of sp³-hybridized carbons (Fsp3) is 0.836. The van der Waals surface area contributed by atoms with Crippen LogP contribution in [0, 0.1) is 0 Å². The topological polar surface area (TPSA) is 149 Å². The average molecular weight is 904 g/mol. The lowest BCUT2D eigenvalue weighted by molar-refractivity contribution is -0.302. The molecule has 9 heteroatoms. The van der Waals surface area contributed by atoms with Crippen LogP contribution in [0.4, 0.5) is 0 Å². The van der Waals surface area contributed by atoms with Crippen LogP contribution in [0.25, 0.3) is 0 Å². The van der Waals surface area contributed by atoms with Crippen LogP contribution in [-0.2, 0) is 14.3 Å². The van der Waals surface area contributed by atoms with Gasteiger partial charge in [-0.2, -0.15) is 0 Å². The Labute approximate surface area is 393 Å². The van der Waals surface area contributed by atoms with Gasteiger partial charge in [-0.15, -0.1) is 0 Å². The van der Waals surface area contributed by atoms with Gasteiger partial charge < -0.3 is 40.3 Å². The molecule has 374 valence electrons. The van der Waals surface area contributed by atoms with Crippen molar-refractivity contribution in [3.8, 4) is 0 Å². The minimum absolute atomic E-state index is 0.193. The maximum atomic E-state index is 13.0. The summed E-state index contributed by atoms with van der Waals surface area (Å²) >= 11 is 0. The fourth-order valence-electron chi connectivity index (χ4n) is 8.30. The Kier molecular flexibility index (Phi) is 42.3. The van der Waals surface area contributed by atoms with Crippen molar-refractivity contribution in [2.45, 2.75) is 281 Å². The van der Waals surface area contributed by atoms with Crippen LogP contribution >= 0.6 is 0 Å². The molecule has 1 aliphatic heterocycles. The number of aliphatic hydroxyl groups excluding tert-OH is 5. The SMILES string of the molecule is CCCCCCCC/C=C/CC/C=C/CC/C=C/C(O)C(COC1OC(CO)C(O)C(O)C1O)NC(=O)CCCCCCCCCCC/C=C\CCCCCCCCCCCCCC. The van der Waals surface area contributed by atoms with Gasteiger partial charge >= 0.3 is 0 Å². The molecule has 1 amide bonds. The largest absolute Gasteiger partial charge is 0.394 e. The maximum Gasteiger partial charge on any atom is 0.220 e. The Morgan fingerprint density at radius 1 is 0.516 bits per heavy atom. The van der Waals surface area contributed by atoms with Crippen molar-refractivity contribution in [2.24, 2.45) is 0 Å². The summed E-state index contributed by atoms with van der Waals surface area (Å²) in [5.41, 5.74) is 0. The van der Waals surface area contributed by atoms with E-state index in [1.54, 1.807) is 6.08 Å². The molecule has 0 aromatic heterocycles. The fourth-order valence-corrected chi connectivity index (χ4v) is 8.30. The molecule has 0 aromatic carbocycles. The molecular weight excluding hydrogens is 803 g/mol. The number of nitrogens with one attached hydrogen (secondary N) is 1. The van der Waals surface area contributed by atoms with E-state index in [-0.39, 0.29) is 12.5 Å². The summed E-state index contributed by atoms with van der Waals surface area (Å²) < 4.78 is 11.2. The van der Waals surface area contributed by atoms with E-state index in [0.29, 0.717) is 6.42 Å². The van der Waals surface area contributed by atoms with Crippen LogP contribution in [0.1, 0.15) is 239 Å². The lowest BCUT2D eigenvalue weighted by Gasteiger charge is -2.40. The summed E-state index contributed by atoms with van der Waals surface area (Å²) in [7, 11) is 0. The maximum absolute atomic E-state index is 13.0. The first-order valence-electron chi connectivity index (χ1n) is 26.9. The number of hydrogen-bond acceptors (Lipinski definition) is 8. The van der Waals surface area contributed by atoms with Crippen molar-refractivity contribution in [2.75, 3.05) is 13.2 Å². The van der Waals surface area contributed by atoms with Gasteiger partial charge in [0.1, 0.15) is 24.4 Å². The second kappa shape index (κ2) is 45.0. The number of aliphatic hydroxyl groups is 5. The van der Waals surface area contributed by atoms with Crippen LogP contribution in [0.5, 0.6) is 0 Å². The molecular formula is C55H101NO8. The molecule has 1 saturated heterocycles. The number of ether oxygens (including phenoxy) is 2. The average Bonchev–Trinajstić information content (AvgIpc) is 3.29. The summed E-state index contributed by atoms with van der Waals surface area (Å²) in [6.07, 6.45) is 51.7. The van der Waals surface area contributed by atoms with Crippen molar-refractivity contribution >= 4 is 5.91 Å². The number of amides is 1. The van der Waals surface area contributed by atoms with E-state index in [2.05, 4.69) is 55.6 Å². The number of carbonyl (C=O) groups is 1. The molecule has 1 rings (SSSR count). The Hall–Kier alpha value is -1.85. The lowest BCUT2D eigenvalue weighted by Crippen LogP contribution is -2.60. The highest BCUT2D eigenvalue weighted by Gasteiger charge is 2.44. The Bertz CT molecular complexity index is 1140. The van der Waals surface area contributed by atoms with Crippen LogP contribution < -0.4 is 5.32 Å². The summed E-state index contributed by atoms with van der Waals surface area (Å²) in [5.74, 6) is -0.193. The third-order valence-corrected chi connectivity index (χ3v) is 12.6. The zero-order valence-corrected chi connectivity index (χ0v) is 41.3. The van der Waals surface area contributed by atoms with Gasteiger partial charge in [-0.3, -0.25) is 4.79 Å². The molecule has 1 fully saturated rings. The summed E-state index contributed by atoms with van der Waals surface area (Å²) in [6.45, 7) is 3.75. The molecule has 1 aliphatic rings. The van der Waals surface area contributed by atoms with Crippen molar-refractivity contribution in [3.63, 3.8) is 0 Å². The molecule has 9 nitrogen and oxygen atoms in total. The summed E-state index contributed by atoms with van der Waals surface area (Å²) in [5, 5.41) is 54.3. The smallest absolute Gasteiger partial charge is 0.220 e. The molecule has 64 heavy (non-hydrogen) atoms. The van der Waals surface area contributed by atoms with Crippen molar-refractivity contribution in [1.29, 1.82) is 0 Å².